The molecule has 1 amide bonds. The lowest BCUT2D eigenvalue weighted by Crippen LogP contribution is -2.04. The molecule has 1 aliphatic rings. The van der Waals surface area contributed by atoms with Crippen LogP contribution in [0.15, 0.2) is 18.2 Å². The van der Waals surface area contributed by atoms with Gasteiger partial charge in [0.25, 0.3) is 0 Å². The number of aryl methyl sites for hydroxylation is 1. The van der Waals surface area contributed by atoms with E-state index in [4.69, 9.17) is 0 Å². The first-order valence-corrected chi connectivity index (χ1v) is 10.5. The molecule has 1 radical (unpaired) electrons. The Bertz CT molecular complexity index is 435. The molecule has 0 saturated heterocycles. The minimum absolute atomic E-state index is 0.118. The molecule has 1 aromatic rings. The molecule has 1 N–H and O–H groups in total. The molecule has 1 heterocycles. The minimum Gasteiger partial charge on any atom is -0.326 e. The molecule has 1 aromatic carbocycles. The van der Waals surface area contributed by atoms with Gasteiger partial charge in [-0.05, 0) is 30.0 Å². The first kappa shape index (κ1) is 18.0. The van der Waals surface area contributed by atoms with Crippen LogP contribution in [0.5, 0.6) is 0 Å². The van der Waals surface area contributed by atoms with Crippen molar-refractivity contribution >= 4 is 20.4 Å². The van der Waals surface area contributed by atoms with Gasteiger partial charge >= 0.3 is 0 Å². The summed E-state index contributed by atoms with van der Waals surface area (Å²) in [4.78, 5) is 11.1. The summed E-state index contributed by atoms with van der Waals surface area (Å²) in [5.41, 5.74) is 3.50. The summed E-state index contributed by atoms with van der Waals surface area (Å²) < 4.78 is 0. The van der Waals surface area contributed by atoms with Crippen molar-refractivity contribution in [1.82, 2.24) is 0 Å². The van der Waals surface area contributed by atoms with Gasteiger partial charge in [0.2, 0.25) is 5.91 Å². The smallest absolute Gasteiger partial charge is 0.228 e. The molecular weight excluding hydrogens is 274 g/mol. The Kier molecular flexibility index (Phi) is 8.36. The van der Waals surface area contributed by atoms with E-state index in [9.17, 15) is 4.79 Å². The number of unbranched alkanes of at least 4 members (excludes halogenated alkanes) is 1. The zero-order valence-corrected chi connectivity index (χ0v) is 15.1. The number of hydrogen-bond donors (Lipinski definition) is 1. The van der Waals surface area contributed by atoms with Gasteiger partial charge in [-0.15, -0.1) is 0 Å². The van der Waals surface area contributed by atoms with Crippen LogP contribution in [0.1, 0.15) is 51.7 Å². The molecule has 0 spiro atoms. The standard InChI is InChI=1S/C12H15NO.C6H15Si/c1-2-3-4-9-5-6-11-10(7-9)8-12(14)13-11;1-4-7(5-2)6-3/h5-7H,2-4,8H2,1H3,(H,13,14);4-6H2,1-3H3. The molecule has 0 aliphatic carbocycles. The van der Waals surface area contributed by atoms with Gasteiger partial charge < -0.3 is 5.32 Å². The molecule has 117 valence electrons. The summed E-state index contributed by atoms with van der Waals surface area (Å²) >= 11 is 0. The molecule has 0 unspecified atom stereocenters. The van der Waals surface area contributed by atoms with E-state index in [1.54, 1.807) is 0 Å². The van der Waals surface area contributed by atoms with E-state index in [-0.39, 0.29) is 14.7 Å². The maximum absolute atomic E-state index is 11.1. The Balaban J connectivity index is 0.000000270. The molecule has 0 bridgehead atoms. The van der Waals surface area contributed by atoms with Crippen molar-refractivity contribution in [3.63, 3.8) is 0 Å². The zero-order chi connectivity index (χ0) is 15.7. The molecule has 0 aromatic heterocycles. The fourth-order valence-electron chi connectivity index (χ4n) is 2.57. The maximum atomic E-state index is 11.1. The molecule has 0 fully saturated rings. The second kappa shape index (κ2) is 9.77. The van der Waals surface area contributed by atoms with Crippen LogP contribution in [0.2, 0.25) is 18.1 Å². The lowest BCUT2D eigenvalue weighted by molar-refractivity contribution is -0.115. The third kappa shape index (κ3) is 6.04. The van der Waals surface area contributed by atoms with Gasteiger partial charge in [-0.25, -0.2) is 0 Å². The lowest BCUT2D eigenvalue weighted by atomic mass is 10.0. The molecule has 21 heavy (non-hydrogen) atoms. The van der Waals surface area contributed by atoms with Gasteiger partial charge in [0.1, 0.15) is 0 Å². The van der Waals surface area contributed by atoms with E-state index >= 15 is 0 Å². The molecule has 0 saturated carbocycles. The Morgan fingerprint density at radius 1 is 1.10 bits per heavy atom. The van der Waals surface area contributed by atoms with Crippen molar-refractivity contribution in [2.75, 3.05) is 5.32 Å². The van der Waals surface area contributed by atoms with E-state index in [1.165, 1.54) is 36.5 Å². The quantitative estimate of drug-likeness (QED) is 0.731. The molecule has 3 heteroatoms. The number of benzene rings is 1. The largest absolute Gasteiger partial charge is 0.326 e. The van der Waals surface area contributed by atoms with Crippen LogP contribution in [0.4, 0.5) is 5.69 Å². The van der Waals surface area contributed by atoms with Crippen LogP contribution in [0.25, 0.3) is 0 Å². The third-order valence-corrected chi connectivity index (χ3v) is 7.11. The van der Waals surface area contributed by atoms with E-state index in [0.29, 0.717) is 6.42 Å². The lowest BCUT2D eigenvalue weighted by Gasteiger charge is -2.02. The minimum atomic E-state index is 0.118. The van der Waals surface area contributed by atoms with Crippen LogP contribution >= 0.6 is 0 Å². The van der Waals surface area contributed by atoms with Gasteiger partial charge in [0, 0.05) is 14.5 Å². The van der Waals surface area contributed by atoms with Crippen LogP contribution in [0.3, 0.4) is 0 Å². The number of carbonyl (C=O) groups is 1. The summed E-state index contributed by atoms with van der Waals surface area (Å²) in [6, 6.07) is 10.7. The van der Waals surface area contributed by atoms with Crippen molar-refractivity contribution in [3.8, 4) is 0 Å². The van der Waals surface area contributed by atoms with Crippen molar-refractivity contribution in [2.45, 2.75) is 71.5 Å². The summed E-state index contributed by atoms with van der Waals surface area (Å²) in [5, 5.41) is 2.84. The number of nitrogens with one attached hydrogen (secondary N) is 1. The average Bonchev–Trinajstić information content (AvgIpc) is 2.87. The summed E-state index contributed by atoms with van der Waals surface area (Å²) in [7, 11) is 0.137. The Hall–Kier alpha value is -1.09. The first-order valence-electron chi connectivity index (χ1n) is 8.39. The van der Waals surface area contributed by atoms with Gasteiger partial charge in [0.15, 0.2) is 0 Å². The summed E-state index contributed by atoms with van der Waals surface area (Å²) in [5.74, 6) is 0.118. The Morgan fingerprint density at radius 2 is 1.76 bits per heavy atom. The molecule has 1 aliphatic heterocycles. The number of anilines is 1. The van der Waals surface area contributed by atoms with Crippen molar-refractivity contribution in [1.29, 1.82) is 0 Å². The predicted molar refractivity (Wildman–Crippen MR) is 94.6 cm³/mol. The third-order valence-electron chi connectivity index (χ3n) is 4.11. The normalized spacial score (nSPS) is 12.7. The molecule has 2 rings (SSSR count). The first-order chi connectivity index (χ1) is 10.1. The average molecular weight is 305 g/mol. The highest BCUT2D eigenvalue weighted by atomic mass is 28.3. The predicted octanol–water partition coefficient (Wildman–Crippen LogP) is 5.06. The summed E-state index contributed by atoms with van der Waals surface area (Å²) in [6.07, 6.45) is 4.11. The number of carbonyl (C=O) groups excluding carboxylic acids is 1. The number of hydrogen-bond acceptors (Lipinski definition) is 1. The van der Waals surface area contributed by atoms with Gasteiger partial charge in [-0.1, -0.05) is 64.4 Å². The molecular formula is C18H30NOSi. The molecule has 2 nitrogen and oxygen atoms in total. The fraction of sp³-hybridized carbons (Fsp3) is 0.611. The van der Waals surface area contributed by atoms with Crippen LogP contribution < -0.4 is 5.32 Å². The van der Waals surface area contributed by atoms with E-state index < -0.39 is 0 Å². The van der Waals surface area contributed by atoms with Crippen molar-refractivity contribution < 1.29 is 4.79 Å². The fourth-order valence-corrected chi connectivity index (χ4v) is 4.07. The topological polar surface area (TPSA) is 29.1 Å². The van der Waals surface area contributed by atoms with Crippen LogP contribution in [0, 0.1) is 0 Å². The second-order valence-electron chi connectivity index (χ2n) is 5.63. The molecule has 0 atom stereocenters. The van der Waals surface area contributed by atoms with Crippen LogP contribution in [-0.4, -0.2) is 14.7 Å². The van der Waals surface area contributed by atoms with Gasteiger partial charge in [-0.2, -0.15) is 0 Å². The van der Waals surface area contributed by atoms with E-state index in [1.807, 2.05) is 6.07 Å². The highest BCUT2D eigenvalue weighted by Gasteiger charge is 2.16. The monoisotopic (exact) mass is 304 g/mol. The highest BCUT2D eigenvalue weighted by molar-refractivity contribution is 6.58. The number of rotatable bonds is 6. The van der Waals surface area contributed by atoms with E-state index in [2.05, 4.69) is 45.1 Å². The van der Waals surface area contributed by atoms with Crippen LogP contribution in [-0.2, 0) is 17.6 Å². The Morgan fingerprint density at radius 3 is 2.29 bits per heavy atom. The second-order valence-corrected chi connectivity index (χ2v) is 9.25. The Labute approximate surface area is 131 Å². The van der Waals surface area contributed by atoms with E-state index in [0.717, 1.165) is 17.7 Å². The maximum Gasteiger partial charge on any atom is 0.228 e. The summed E-state index contributed by atoms with van der Waals surface area (Å²) in [6.45, 7) is 9.11. The number of fused-ring (bicyclic) bond motifs is 1. The number of amides is 1. The van der Waals surface area contributed by atoms with Gasteiger partial charge in [-0.3, -0.25) is 4.79 Å². The highest BCUT2D eigenvalue weighted by Crippen LogP contribution is 2.24. The zero-order valence-electron chi connectivity index (χ0n) is 14.1. The SMILES string of the molecule is CCCCc1ccc2c(c1)CC(=O)N2.CC[Si](CC)CC. The van der Waals surface area contributed by atoms with Gasteiger partial charge in [0.05, 0.1) is 6.42 Å². The van der Waals surface area contributed by atoms with Crippen molar-refractivity contribution in [3.05, 3.63) is 29.3 Å². The van der Waals surface area contributed by atoms with Crippen molar-refractivity contribution in [2.24, 2.45) is 0 Å².